The van der Waals surface area contributed by atoms with E-state index < -0.39 is 0 Å². The molecule has 1 aliphatic rings. The second-order valence-corrected chi connectivity index (χ2v) is 3.69. The number of nitrogen functional groups attached to an aromatic ring is 1. The highest BCUT2D eigenvalue weighted by Crippen LogP contribution is 2.23. The zero-order valence-electron chi connectivity index (χ0n) is 8.64. The summed E-state index contributed by atoms with van der Waals surface area (Å²) >= 11 is 0. The number of amides is 1. The van der Waals surface area contributed by atoms with E-state index in [1.165, 1.54) is 11.0 Å². The first kappa shape index (κ1) is 10.4. The van der Waals surface area contributed by atoms with Gasteiger partial charge in [-0.05, 0) is 0 Å². The van der Waals surface area contributed by atoms with Crippen molar-refractivity contribution in [3.63, 3.8) is 0 Å². The summed E-state index contributed by atoms with van der Waals surface area (Å²) in [5.74, 6) is 0.352. The van der Waals surface area contributed by atoms with Gasteiger partial charge in [0.1, 0.15) is 5.82 Å². The number of nitrogens with one attached hydrogen (secondary N) is 1. The van der Waals surface area contributed by atoms with E-state index in [4.69, 9.17) is 5.73 Å². The number of rotatable bonds is 2. The van der Waals surface area contributed by atoms with E-state index >= 15 is 0 Å². The van der Waals surface area contributed by atoms with Crippen molar-refractivity contribution in [2.75, 3.05) is 17.2 Å². The number of nitrogens with zero attached hydrogens (tertiary/aromatic N) is 2. The predicted molar refractivity (Wildman–Crippen MR) is 59.9 cm³/mol. The standard InChI is InChI=1S/C10H12N4O2/c1-2-6-3-9(16)14(5-6)7-4-8(15)13-10(11)12-7/h2,4,6H,1,3,5H2,(H3,11,12,13,15). The topological polar surface area (TPSA) is 92.1 Å². The Bertz CT molecular complexity index is 494. The molecule has 0 saturated carbocycles. The predicted octanol–water partition coefficient (Wildman–Crippen LogP) is -0.109. The Kier molecular flexibility index (Phi) is 2.47. The van der Waals surface area contributed by atoms with Crippen LogP contribution in [0.3, 0.4) is 0 Å². The van der Waals surface area contributed by atoms with E-state index in [0.717, 1.165) is 0 Å². The van der Waals surface area contributed by atoms with E-state index in [9.17, 15) is 9.59 Å². The number of aromatic nitrogens is 2. The minimum absolute atomic E-state index is 0.0114. The molecule has 0 spiro atoms. The van der Waals surface area contributed by atoms with Gasteiger partial charge in [-0.1, -0.05) is 6.08 Å². The SMILES string of the molecule is C=CC1CC(=O)N(c2cc(=O)[nH]c(N)n2)C1. The molecule has 84 valence electrons. The molecule has 1 saturated heterocycles. The third kappa shape index (κ3) is 1.81. The molecule has 6 nitrogen and oxygen atoms in total. The van der Waals surface area contributed by atoms with Crippen molar-refractivity contribution >= 4 is 17.7 Å². The van der Waals surface area contributed by atoms with Gasteiger partial charge in [0.25, 0.3) is 5.56 Å². The second kappa shape index (κ2) is 3.80. The Morgan fingerprint density at radius 3 is 2.94 bits per heavy atom. The molecule has 0 radical (unpaired) electrons. The Morgan fingerprint density at radius 2 is 2.38 bits per heavy atom. The molecule has 16 heavy (non-hydrogen) atoms. The summed E-state index contributed by atoms with van der Waals surface area (Å²) in [4.78, 5) is 30.6. The molecular formula is C10H12N4O2. The molecule has 1 unspecified atom stereocenters. The van der Waals surface area contributed by atoms with Gasteiger partial charge < -0.3 is 5.73 Å². The van der Waals surface area contributed by atoms with Crippen molar-refractivity contribution in [1.29, 1.82) is 0 Å². The van der Waals surface area contributed by atoms with E-state index in [0.29, 0.717) is 18.8 Å². The van der Waals surface area contributed by atoms with Crippen LogP contribution in [0.4, 0.5) is 11.8 Å². The maximum absolute atomic E-state index is 11.7. The molecule has 1 atom stereocenters. The summed E-state index contributed by atoms with van der Waals surface area (Å²) in [6.07, 6.45) is 2.13. The zero-order valence-corrected chi connectivity index (χ0v) is 8.64. The molecule has 1 amide bonds. The summed E-state index contributed by atoms with van der Waals surface area (Å²) in [6.45, 7) is 4.15. The molecule has 6 heteroatoms. The fourth-order valence-corrected chi connectivity index (χ4v) is 1.72. The van der Waals surface area contributed by atoms with Gasteiger partial charge in [0.15, 0.2) is 0 Å². The lowest BCUT2D eigenvalue weighted by molar-refractivity contribution is -0.117. The van der Waals surface area contributed by atoms with Crippen LogP contribution in [0, 0.1) is 5.92 Å². The van der Waals surface area contributed by atoms with Gasteiger partial charge in [0.2, 0.25) is 11.9 Å². The number of nitrogens with two attached hydrogens (primary N) is 1. The van der Waals surface area contributed by atoms with Crippen LogP contribution < -0.4 is 16.2 Å². The number of carbonyl (C=O) groups is 1. The van der Waals surface area contributed by atoms with Gasteiger partial charge in [-0.2, -0.15) is 4.98 Å². The van der Waals surface area contributed by atoms with Crippen molar-refractivity contribution < 1.29 is 4.79 Å². The highest BCUT2D eigenvalue weighted by Gasteiger charge is 2.29. The normalized spacial score (nSPS) is 20.1. The van der Waals surface area contributed by atoms with Crippen LogP contribution in [0.5, 0.6) is 0 Å². The molecule has 3 N–H and O–H groups in total. The Hall–Kier alpha value is -2.11. The number of hydrogen-bond acceptors (Lipinski definition) is 4. The van der Waals surface area contributed by atoms with Gasteiger partial charge in [-0.25, -0.2) is 0 Å². The van der Waals surface area contributed by atoms with E-state index in [1.54, 1.807) is 6.08 Å². The maximum Gasteiger partial charge on any atom is 0.254 e. The quantitative estimate of drug-likeness (QED) is 0.680. The minimum Gasteiger partial charge on any atom is -0.369 e. The van der Waals surface area contributed by atoms with Crippen LogP contribution in [0.2, 0.25) is 0 Å². The number of anilines is 2. The van der Waals surface area contributed by atoms with Crippen LogP contribution in [-0.2, 0) is 4.79 Å². The first-order valence-electron chi connectivity index (χ1n) is 4.90. The lowest BCUT2D eigenvalue weighted by atomic mass is 10.1. The molecule has 1 aliphatic heterocycles. The molecule has 2 rings (SSSR count). The Morgan fingerprint density at radius 1 is 1.62 bits per heavy atom. The Labute approximate surface area is 91.8 Å². The summed E-state index contributed by atoms with van der Waals surface area (Å²) < 4.78 is 0. The lowest BCUT2D eigenvalue weighted by Gasteiger charge is -2.14. The first-order chi connectivity index (χ1) is 7.60. The van der Waals surface area contributed by atoms with Gasteiger partial charge in [0, 0.05) is 24.9 Å². The second-order valence-electron chi connectivity index (χ2n) is 3.69. The van der Waals surface area contributed by atoms with Crippen LogP contribution >= 0.6 is 0 Å². The highest BCUT2D eigenvalue weighted by molar-refractivity contribution is 5.95. The van der Waals surface area contributed by atoms with Gasteiger partial charge in [-0.15, -0.1) is 6.58 Å². The smallest absolute Gasteiger partial charge is 0.254 e. The van der Waals surface area contributed by atoms with Crippen molar-refractivity contribution in [2.24, 2.45) is 5.92 Å². The Balaban J connectivity index is 2.34. The number of H-pyrrole nitrogens is 1. The molecule has 2 heterocycles. The van der Waals surface area contributed by atoms with Crippen molar-refractivity contribution in [3.8, 4) is 0 Å². The number of hydrogen-bond donors (Lipinski definition) is 2. The summed E-state index contributed by atoms with van der Waals surface area (Å²) in [6, 6.07) is 1.26. The minimum atomic E-state index is -0.364. The average Bonchev–Trinajstić information content (AvgIpc) is 2.58. The largest absolute Gasteiger partial charge is 0.369 e. The molecule has 0 aliphatic carbocycles. The highest BCUT2D eigenvalue weighted by atomic mass is 16.2. The summed E-state index contributed by atoms with van der Waals surface area (Å²) in [7, 11) is 0. The fourth-order valence-electron chi connectivity index (χ4n) is 1.72. The first-order valence-corrected chi connectivity index (χ1v) is 4.90. The van der Waals surface area contributed by atoms with Crippen LogP contribution in [0.15, 0.2) is 23.5 Å². The molecule has 0 aromatic carbocycles. The van der Waals surface area contributed by atoms with E-state index in [-0.39, 0.29) is 23.3 Å². The van der Waals surface area contributed by atoms with Crippen molar-refractivity contribution in [3.05, 3.63) is 29.1 Å². The molecule has 1 aromatic heterocycles. The van der Waals surface area contributed by atoms with Gasteiger partial charge >= 0.3 is 0 Å². The third-order valence-electron chi connectivity index (χ3n) is 2.51. The molecule has 0 bridgehead atoms. The maximum atomic E-state index is 11.7. The van der Waals surface area contributed by atoms with Crippen LogP contribution in [0.25, 0.3) is 0 Å². The van der Waals surface area contributed by atoms with Gasteiger partial charge in [-0.3, -0.25) is 19.5 Å². The number of carbonyl (C=O) groups excluding carboxylic acids is 1. The van der Waals surface area contributed by atoms with Crippen LogP contribution in [-0.4, -0.2) is 22.4 Å². The zero-order chi connectivity index (χ0) is 11.7. The molecule has 1 aromatic rings. The lowest BCUT2D eigenvalue weighted by Crippen LogP contribution is -2.27. The average molecular weight is 220 g/mol. The van der Waals surface area contributed by atoms with E-state index in [2.05, 4.69) is 16.5 Å². The molecule has 1 fully saturated rings. The summed E-state index contributed by atoms with van der Waals surface area (Å²) in [5, 5.41) is 0. The van der Waals surface area contributed by atoms with Crippen LogP contribution in [0.1, 0.15) is 6.42 Å². The van der Waals surface area contributed by atoms with Crippen molar-refractivity contribution in [2.45, 2.75) is 6.42 Å². The fraction of sp³-hybridized carbons (Fsp3) is 0.300. The monoisotopic (exact) mass is 220 g/mol. The van der Waals surface area contributed by atoms with Crippen molar-refractivity contribution in [1.82, 2.24) is 9.97 Å². The molecular weight excluding hydrogens is 208 g/mol. The van der Waals surface area contributed by atoms with E-state index in [1.807, 2.05) is 0 Å². The summed E-state index contributed by atoms with van der Waals surface area (Å²) in [5.41, 5.74) is 5.05. The third-order valence-corrected chi connectivity index (χ3v) is 2.51. The van der Waals surface area contributed by atoms with Gasteiger partial charge in [0.05, 0.1) is 0 Å². The number of aromatic amines is 1.